The van der Waals surface area contributed by atoms with E-state index in [0.717, 1.165) is 50.2 Å². The number of carbonyl (C=O) groups is 2. The molecule has 1 fully saturated rings. The molecule has 3 heterocycles. The Morgan fingerprint density at radius 1 is 1.41 bits per heavy atom. The first-order valence-electron chi connectivity index (χ1n) is 10.3. The minimum absolute atomic E-state index is 0.102. The standard InChI is InChI=1S/C21H29N3O4S/c1-4-6-9-24-14(3)16(19(25)22-12-15-8-7-10-28-15)11-18(24)17-13-29-20(23-17)21(26)27-5-2/h11,13,15H,4-10,12H2,1-3H3,(H,22,25). The molecular formula is C21H29N3O4S. The van der Waals surface area contributed by atoms with Crippen LogP contribution in [0.4, 0.5) is 0 Å². The second-order valence-corrected chi connectivity index (χ2v) is 8.00. The van der Waals surface area contributed by atoms with Gasteiger partial charge in [-0.05, 0) is 39.2 Å². The number of ether oxygens (including phenoxy) is 2. The van der Waals surface area contributed by atoms with Crippen LogP contribution in [0.15, 0.2) is 11.4 Å². The highest BCUT2D eigenvalue weighted by atomic mass is 32.1. The molecule has 0 radical (unpaired) electrons. The van der Waals surface area contributed by atoms with Gasteiger partial charge in [0.1, 0.15) is 0 Å². The van der Waals surface area contributed by atoms with E-state index in [1.807, 2.05) is 18.4 Å². The Morgan fingerprint density at radius 2 is 2.24 bits per heavy atom. The van der Waals surface area contributed by atoms with Crippen molar-refractivity contribution in [3.8, 4) is 11.4 Å². The molecule has 0 aliphatic carbocycles. The third-order valence-corrected chi connectivity index (χ3v) is 5.90. The topological polar surface area (TPSA) is 82.5 Å². The van der Waals surface area contributed by atoms with Gasteiger partial charge in [-0.3, -0.25) is 4.79 Å². The van der Waals surface area contributed by atoms with Gasteiger partial charge in [0, 0.05) is 30.8 Å². The normalized spacial score (nSPS) is 16.2. The maximum Gasteiger partial charge on any atom is 0.367 e. The molecule has 0 spiro atoms. The van der Waals surface area contributed by atoms with Crippen molar-refractivity contribution in [2.45, 2.75) is 59.1 Å². The average molecular weight is 420 g/mol. The number of esters is 1. The maximum atomic E-state index is 12.8. The van der Waals surface area contributed by atoms with Crippen molar-refractivity contribution in [2.24, 2.45) is 0 Å². The zero-order chi connectivity index (χ0) is 20.8. The SMILES string of the molecule is CCCCn1c(-c2csc(C(=O)OCC)n2)cc(C(=O)NCC2CCCO2)c1C. The van der Waals surface area contributed by atoms with E-state index in [9.17, 15) is 9.59 Å². The molecule has 158 valence electrons. The summed E-state index contributed by atoms with van der Waals surface area (Å²) in [5.74, 6) is -0.517. The number of unbranched alkanes of at least 4 members (excludes halogenated alkanes) is 1. The second-order valence-electron chi connectivity index (χ2n) is 7.14. The van der Waals surface area contributed by atoms with Crippen molar-refractivity contribution >= 4 is 23.2 Å². The number of hydrogen-bond acceptors (Lipinski definition) is 6. The molecule has 0 saturated carbocycles. The van der Waals surface area contributed by atoms with E-state index in [1.54, 1.807) is 6.92 Å². The number of aromatic nitrogens is 2. The van der Waals surface area contributed by atoms with Crippen LogP contribution in [0, 0.1) is 6.92 Å². The Bertz CT molecular complexity index is 852. The van der Waals surface area contributed by atoms with Crippen LogP contribution in [-0.4, -0.2) is 47.3 Å². The van der Waals surface area contributed by atoms with E-state index in [-0.39, 0.29) is 12.0 Å². The van der Waals surface area contributed by atoms with Crippen LogP contribution < -0.4 is 5.32 Å². The van der Waals surface area contributed by atoms with E-state index in [1.165, 1.54) is 11.3 Å². The smallest absolute Gasteiger partial charge is 0.367 e. The molecule has 1 aliphatic rings. The minimum Gasteiger partial charge on any atom is -0.461 e. The lowest BCUT2D eigenvalue weighted by atomic mass is 10.2. The van der Waals surface area contributed by atoms with Crippen LogP contribution in [0.5, 0.6) is 0 Å². The third kappa shape index (κ3) is 5.05. The largest absolute Gasteiger partial charge is 0.461 e. The molecule has 1 atom stereocenters. The Morgan fingerprint density at radius 3 is 2.93 bits per heavy atom. The van der Waals surface area contributed by atoms with E-state index in [2.05, 4.69) is 21.8 Å². The highest BCUT2D eigenvalue weighted by Crippen LogP contribution is 2.28. The summed E-state index contributed by atoms with van der Waals surface area (Å²) in [7, 11) is 0. The summed E-state index contributed by atoms with van der Waals surface area (Å²) in [6, 6.07) is 1.87. The maximum absolute atomic E-state index is 12.8. The summed E-state index contributed by atoms with van der Waals surface area (Å²) < 4.78 is 12.8. The van der Waals surface area contributed by atoms with Gasteiger partial charge in [-0.25, -0.2) is 9.78 Å². The summed E-state index contributed by atoms with van der Waals surface area (Å²) in [6.45, 7) is 8.26. The lowest BCUT2D eigenvalue weighted by Crippen LogP contribution is -2.32. The van der Waals surface area contributed by atoms with E-state index < -0.39 is 5.97 Å². The van der Waals surface area contributed by atoms with Gasteiger partial charge < -0.3 is 19.4 Å². The second kappa shape index (κ2) is 10.0. The zero-order valence-electron chi connectivity index (χ0n) is 17.3. The van der Waals surface area contributed by atoms with Gasteiger partial charge >= 0.3 is 5.97 Å². The van der Waals surface area contributed by atoms with Crippen LogP contribution in [0.2, 0.25) is 0 Å². The lowest BCUT2D eigenvalue weighted by molar-refractivity contribution is 0.0526. The molecule has 2 aromatic heterocycles. The van der Waals surface area contributed by atoms with Gasteiger partial charge in [-0.2, -0.15) is 0 Å². The van der Waals surface area contributed by atoms with Crippen LogP contribution in [0.3, 0.4) is 0 Å². The Balaban J connectivity index is 1.84. The third-order valence-electron chi connectivity index (χ3n) is 5.08. The molecule has 2 aromatic rings. The van der Waals surface area contributed by atoms with Crippen LogP contribution in [-0.2, 0) is 16.0 Å². The number of thiazole rings is 1. The Labute approximate surface area is 175 Å². The van der Waals surface area contributed by atoms with Gasteiger partial charge in [0.05, 0.1) is 29.7 Å². The number of hydrogen-bond donors (Lipinski definition) is 1. The van der Waals surface area contributed by atoms with E-state index >= 15 is 0 Å². The number of nitrogens with zero attached hydrogens (tertiary/aromatic N) is 2. The fourth-order valence-electron chi connectivity index (χ4n) is 3.48. The Kier molecular flexibility index (Phi) is 7.44. The predicted molar refractivity (Wildman–Crippen MR) is 112 cm³/mol. The van der Waals surface area contributed by atoms with E-state index in [0.29, 0.717) is 29.4 Å². The molecule has 1 unspecified atom stereocenters. The van der Waals surface area contributed by atoms with Crippen molar-refractivity contribution in [2.75, 3.05) is 19.8 Å². The number of nitrogens with one attached hydrogen (secondary N) is 1. The molecule has 0 bridgehead atoms. The summed E-state index contributed by atoms with van der Waals surface area (Å²) in [6.07, 6.45) is 4.17. The number of rotatable bonds is 9. The summed E-state index contributed by atoms with van der Waals surface area (Å²) in [5.41, 5.74) is 3.09. The van der Waals surface area contributed by atoms with Gasteiger partial charge in [0.25, 0.3) is 5.91 Å². The molecule has 3 rings (SSSR count). The monoisotopic (exact) mass is 419 g/mol. The zero-order valence-corrected chi connectivity index (χ0v) is 18.1. The van der Waals surface area contributed by atoms with Crippen molar-refractivity contribution in [1.82, 2.24) is 14.9 Å². The minimum atomic E-state index is -0.415. The summed E-state index contributed by atoms with van der Waals surface area (Å²) in [4.78, 5) is 29.3. The highest BCUT2D eigenvalue weighted by Gasteiger charge is 2.23. The van der Waals surface area contributed by atoms with Crippen LogP contribution in [0.1, 0.15) is 65.4 Å². The molecule has 1 aliphatic heterocycles. The molecule has 0 aromatic carbocycles. The van der Waals surface area contributed by atoms with Gasteiger partial charge in [-0.1, -0.05) is 13.3 Å². The van der Waals surface area contributed by atoms with Crippen molar-refractivity contribution in [3.63, 3.8) is 0 Å². The fraction of sp³-hybridized carbons (Fsp3) is 0.571. The lowest BCUT2D eigenvalue weighted by Gasteiger charge is -2.12. The first kappa shape index (κ1) is 21.5. The van der Waals surface area contributed by atoms with Gasteiger partial charge in [-0.15, -0.1) is 11.3 Å². The fourth-order valence-corrected chi connectivity index (χ4v) is 4.18. The van der Waals surface area contributed by atoms with Crippen LogP contribution >= 0.6 is 11.3 Å². The van der Waals surface area contributed by atoms with Crippen molar-refractivity contribution < 1.29 is 19.1 Å². The molecule has 1 amide bonds. The molecule has 1 saturated heterocycles. The quantitative estimate of drug-likeness (QED) is 0.625. The summed E-state index contributed by atoms with van der Waals surface area (Å²) in [5, 5.41) is 5.17. The van der Waals surface area contributed by atoms with Crippen molar-refractivity contribution in [3.05, 3.63) is 27.7 Å². The molecule has 1 N–H and O–H groups in total. The van der Waals surface area contributed by atoms with E-state index in [4.69, 9.17) is 9.47 Å². The molecule has 8 heteroatoms. The average Bonchev–Trinajstić information content (AvgIpc) is 3.45. The van der Waals surface area contributed by atoms with Crippen LogP contribution in [0.25, 0.3) is 11.4 Å². The number of carbonyl (C=O) groups excluding carboxylic acids is 2. The molecule has 7 nitrogen and oxygen atoms in total. The van der Waals surface area contributed by atoms with Gasteiger partial charge in [0.2, 0.25) is 5.01 Å². The summed E-state index contributed by atoms with van der Waals surface area (Å²) >= 11 is 1.26. The molecule has 29 heavy (non-hydrogen) atoms. The first-order valence-corrected chi connectivity index (χ1v) is 11.2. The predicted octanol–water partition coefficient (Wildman–Crippen LogP) is 3.81. The molecular weight excluding hydrogens is 390 g/mol. The number of amides is 1. The van der Waals surface area contributed by atoms with Crippen molar-refractivity contribution in [1.29, 1.82) is 0 Å². The Hall–Kier alpha value is -2.19. The highest BCUT2D eigenvalue weighted by molar-refractivity contribution is 7.11. The van der Waals surface area contributed by atoms with Gasteiger partial charge in [0.15, 0.2) is 0 Å². The first-order chi connectivity index (χ1) is 14.0.